The molecule has 1 amide bonds. The normalized spacial score (nSPS) is 25.4. The molecule has 2 atom stereocenters. The van der Waals surface area contributed by atoms with Gasteiger partial charge in [-0.2, -0.15) is 0 Å². The van der Waals surface area contributed by atoms with Crippen LogP contribution in [-0.4, -0.2) is 60.7 Å². The fraction of sp³-hybridized carbons (Fsp3) is 0.684. The Bertz CT molecular complexity index is 624. The third-order valence-corrected chi connectivity index (χ3v) is 5.65. The van der Waals surface area contributed by atoms with Crippen molar-refractivity contribution < 1.29 is 9.53 Å². The van der Waals surface area contributed by atoms with Crippen molar-refractivity contribution in [3.05, 3.63) is 22.8 Å². The molecule has 6 nitrogen and oxygen atoms in total. The molecule has 0 spiro atoms. The van der Waals surface area contributed by atoms with Crippen LogP contribution >= 0.6 is 11.6 Å². The van der Waals surface area contributed by atoms with Gasteiger partial charge in [0.25, 0.3) is 0 Å². The van der Waals surface area contributed by atoms with E-state index in [4.69, 9.17) is 22.1 Å². The van der Waals surface area contributed by atoms with Crippen LogP contribution in [0, 0.1) is 5.92 Å². The zero-order valence-corrected chi connectivity index (χ0v) is 16.4. The molecule has 2 saturated heterocycles. The first-order valence-corrected chi connectivity index (χ1v) is 9.88. The van der Waals surface area contributed by atoms with E-state index in [1.54, 1.807) is 6.07 Å². The summed E-state index contributed by atoms with van der Waals surface area (Å²) in [5, 5.41) is 0.496. The largest absolute Gasteiger partial charge is 0.373 e. The lowest BCUT2D eigenvalue weighted by atomic mass is 9.93. The van der Waals surface area contributed by atoms with Crippen LogP contribution in [0.4, 0.5) is 5.82 Å². The molecule has 2 aliphatic rings. The van der Waals surface area contributed by atoms with Gasteiger partial charge in [0, 0.05) is 32.4 Å². The first-order valence-electron chi connectivity index (χ1n) is 9.50. The minimum absolute atomic E-state index is 0.331. The molecule has 1 aromatic heterocycles. The molecule has 3 heterocycles. The number of halogens is 1. The van der Waals surface area contributed by atoms with Gasteiger partial charge >= 0.3 is 0 Å². The molecule has 0 radical (unpaired) electrons. The third kappa shape index (κ3) is 4.87. The number of hydrogen-bond donors (Lipinski definition) is 1. The minimum atomic E-state index is -0.503. The van der Waals surface area contributed by atoms with Crippen LogP contribution in [-0.2, 0) is 4.74 Å². The first kappa shape index (κ1) is 19.4. The number of nitrogens with zero attached hydrogens (tertiary/aromatic N) is 3. The predicted octanol–water partition coefficient (Wildman–Crippen LogP) is 2.55. The summed E-state index contributed by atoms with van der Waals surface area (Å²) in [7, 11) is 0. The molecule has 1 aromatic rings. The molecule has 3 rings (SSSR count). The molecular weight excluding hydrogens is 352 g/mol. The number of hydrogen-bond acceptors (Lipinski definition) is 5. The maximum atomic E-state index is 11.2. The molecule has 0 aliphatic carbocycles. The summed E-state index contributed by atoms with van der Waals surface area (Å²) >= 11 is 6.30. The fourth-order valence-electron chi connectivity index (χ4n) is 4.06. The maximum Gasteiger partial charge on any atom is 0.250 e. The average Bonchev–Trinajstić information content (AvgIpc) is 2.59. The van der Waals surface area contributed by atoms with Crippen molar-refractivity contribution in [1.82, 2.24) is 9.88 Å². The summed E-state index contributed by atoms with van der Waals surface area (Å²) in [5.41, 5.74) is 5.63. The summed E-state index contributed by atoms with van der Waals surface area (Å²) in [4.78, 5) is 20.3. The van der Waals surface area contributed by atoms with Crippen molar-refractivity contribution in [2.24, 2.45) is 11.7 Å². The number of carbonyl (C=O) groups excluding carboxylic acids is 1. The van der Waals surface area contributed by atoms with Crippen molar-refractivity contribution in [3.8, 4) is 0 Å². The summed E-state index contributed by atoms with van der Waals surface area (Å²) < 4.78 is 5.81. The van der Waals surface area contributed by atoms with Gasteiger partial charge in [-0.25, -0.2) is 4.98 Å². The van der Waals surface area contributed by atoms with Crippen LogP contribution < -0.4 is 10.6 Å². The average molecular weight is 381 g/mol. The Morgan fingerprint density at radius 1 is 1.31 bits per heavy atom. The number of rotatable bonds is 5. The van der Waals surface area contributed by atoms with Crippen LogP contribution in [0.15, 0.2) is 12.3 Å². The second-order valence-corrected chi connectivity index (χ2v) is 8.04. The van der Waals surface area contributed by atoms with E-state index in [1.807, 2.05) is 0 Å². The highest BCUT2D eigenvalue weighted by molar-refractivity contribution is 6.33. The minimum Gasteiger partial charge on any atom is -0.373 e. The van der Waals surface area contributed by atoms with Gasteiger partial charge in [0.2, 0.25) is 5.91 Å². The van der Waals surface area contributed by atoms with Crippen LogP contribution in [0.5, 0.6) is 0 Å². The van der Waals surface area contributed by atoms with E-state index in [-0.39, 0.29) is 0 Å². The molecule has 26 heavy (non-hydrogen) atoms. The number of nitrogens with two attached hydrogens (primary N) is 1. The number of ether oxygens (including phenoxy) is 1. The monoisotopic (exact) mass is 380 g/mol. The number of primary amides is 1. The standard InChI is InChI=1S/C19H29ClN4O2/c1-13-11-23(12-14(2)26-13)6-3-15-4-7-24(8-5-15)19-17(20)9-16(10-22-19)18(21)25/h9-10,13-15H,3-8,11-12H2,1-2H3,(H2,21,25). The summed E-state index contributed by atoms with van der Waals surface area (Å²) in [6, 6.07) is 1.61. The summed E-state index contributed by atoms with van der Waals surface area (Å²) in [5.74, 6) is 0.991. The SMILES string of the molecule is CC1CN(CCC2CCN(c3ncc(C(N)=O)cc3Cl)CC2)CC(C)O1. The van der Waals surface area contributed by atoms with E-state index in [9.17, 15) is 4.79 Å². The van der Waals surface area contributed by atoms with Gasteiger partial charge in [0.1, 0.15) is 5.82 Å². The number of amides is 1. The second kappa shape index (κ2) is 8.55. The predicted molar refractivity (Wildman–Crippen MR) is 104 cm³/mol. The van der Waals surface area contributed by atoms with Crippen LogP contribution in [0.2, 0.25) is 5.02 Å². The molecular formula is C19H29ClN4O2. The number of piperidine rings is 1. The second-order valence-electron chi connectivity index (χ2n) is 7.63. The molecule has 0 saturated carbocycles. The van der Waals surface area contributed by atoms with Crippen LogP contribution in [0.3, 0.4) is 0 Å². The Kier molecular flexibility index (Phi) is 6.37. The highest BCUT2D eigenvalue weighted by atomic mass is 35.5. The lowest BCUT2D eigenvalue weighted by Crippen LogP contribution is -2.46. The Balaban J connectivity index is 1.48. The van der Waals surface area contributed by atoms with Gasteiger partial charge in [-0.1, -0.05) is 11.6 Å². The van der Waals surface area contributed by atoms with Gasteiger partial charge in [0.05, 0.1) is 22.8 Å². The van der Waals surface area contributed by atoms with Gasteiger partial charge in [-0.15, -0.1) is 0 Å². The lowest BCUT2D eigenvalue weighted by Gasteiger charge is -2.37. The van der Waals surface area contributed by atoms with Gasteiger partial charge in [0.15, 0.2) is 0 Å². The Morgan fingerprint density at radius 3 is 2.54 bits per heavy atom. The van der Waals surface area contributed by atoms with E-state index in [2.05, 4.69) is 28.6 Å². The quantitative estimate of drug-likeness (QED) is 0.849. The highest BCUT2D eigenvalue weighted by Crippen LogP contribution is 2.29. The Morgan fingerprint density at radius 2 is 1.96 bits per heavy atom. The first-order chi connectivity index (χ1) is 12.4. The summed E-state index contributed by atoms with van der Waals surface area (Å²) in [6.45, 7) is 9.42. The van der Waals surface area contributed by atoms with Crippen molar-refractivity contribution in [1.29, 1.82) is 0 Å². The molecule has 0 aromatic carbocycles. The van der Waals surface area contributed by atoms with Crippen LogP contribution in [0.25, 0.3) is 0 Å². The topological polar surface area (TPSA) is 71.7 Å². The van der Waals surface area contributed by atoms with Gasteiger partial charge < -0.3 is 15.4 Å². The molecule has 2 unspecified atom stereocenters. The van der Waals surface area contributed by atoms with E-state index in [1.165, 1.54) is 12.6 Å². The van der Waals surface area contributed by atoms with Crippen molar-refractivity contribution in [3.63, 3.8) is 0 Å². The lowest BCUT2D eigenvalue weighted by molar-refractivity contribution is -0.0690. The van der Waals surface area contributed by atoms with Gasteiger partial charge in [-0.3, -0.25) is 9.69 Å². The zero-order valence-electron chi connectivity index (χ0n) is 15.7. The van der Waals surface area contributed by atoms with Crippen molar-refractivity contribution in [2.75, 3.05) is 37.6 Å². The molecule has 144 valence electrons. The van der Waals surface area contributed by atoms with Crippen molar-refractivity contribution >= 4 is 23.3 Å². The molecule has 2 N–H and O–H groups in total. The maximum absolute atomic E-state index is 11.2. The number of morpholine rings is 1. The van der Waals surface area contributed by atoms with E-state index in [0.717, 1.165) is 57.3 Å². The van der Waals surface area contributed by atoms with E-state index in [0.29, 0.717) is 22.8 Å². The van der Waals surface area contributed by atoms with E-state index >= 15 is 0 Å². The van der Waals surface area contributed by atoms with Crippen LogP contribution in [0.1, 0.15) is 43.5 Å². The highest BCUT2D eigenvalue weighted by Gasteiger charge is 2.25. The molecule has 2 fully saturated rings. The smallest absolute Gasteiger partial charge is 0.250 e. The molecule has 0 bridgehead atoms. The Hall–Kier alpha value is -1.37. The van der Waals surface area contributed by atoms with Gasteiger partial charge in [-0.05, 0) is 51.6 Å². The molecule has 7 heteroatoms. The number of pyridine rings is 1. The summed E-state index contributed by atoms with van der Waals surface area (Å²) in [6.07, 6.45) is 5.69. The Labute approximate surface area is 160 Å². The zero-order chi connectivity index (χ0) is 18.7. The van der Waals surface area contributed by atoms with E-state index < -0.39 is 5.91 Å². The number of carbonyl (C=O) groups is 1. The third-order valence-electron chi connectivity index (χ3n) is 5.37. The van der Waals surface area contributed by atoms with Crippen molar-refractivity contribution in [2.45, 2.75) is 45.3 Å². The molecule has 2 aliphatic heterocycles. The number of aromatic nitrogens is 1. The number of anilines is 1. The fourth-order valence-corrected chi connectivity index (χ4v) is 4.35.